The van der Waals surface area contributed by atoms with Crippen molar-refractivity contribution in [3.63, 3.8) is 0 Å². The molecular formula is C11H16N2O2. The van der Waals surface area contributed by atoms with E-state index in [0.29, 0.717) is 5.56 Å². The van der Waals surface area contributed by atoms with Crippen LogP contribution in [0.5, 0.6) is 0 Å². The zero-order valence-corrected chi connectivity index (χ0v) is 8.99. The molecule has 0 bridgehead atoms. The number of rotatable bonds is 5. The molecule has 0 aliphatic heterocycles. The monoisotopic (exact) mass is 208 g/mol. The van der Waals surface area contributed by atoms with Crippen LogP contribution in [-0.4, -0.2) is 25.7 Å². The number of amides is 1. The fourth-order valence-electron chi connectivity index (χ4n) is 1.10. The number of nitrogens with one attached hydrogen (secondary N) is 1. The Bertz CT molecular complexity index is 322. The number of benzene rings is 1. The summed E-state index contributed by atoms with van der Waals surface area (Å²) in [6, 6.07) is 7.04. The summed E-state index contributed by atoms with van der Waals surface area (Å²) in [6.07, 6.45) is 0.154. The second-order valence-corrected chi connectivity index (χ2v) is 3.37. The number of methoxy groups -OCH3 is 1. The maximum atomic E-state index is 10.8. The van der Waals surface area contributed by atoms with Crippen molar-refractivity contribution in [1.82, 2.24) is 0 Å². The number of nitrogens with two attached hydrogens (primary N) is 1. The summed E-state index contributed by atoms with van der Waals surface area (Å²) in [6.45, 7) is 2.71. The molecule has 0 aliphatic rings. The van der Waals surface area contributed by atoms with E-state index in [4.69, 9.17) is 10.5 Å². The minimum Gasteiger partial charge on any atom is -0.382 e. The van der Waals surface area contributed by atoms with E-state index in [1.54, 1.807) is 19.2 Å². The zero-order chi connectivity index (χ0) is 11.3. The van der Waals surface area contributed by atoms with Crippen LogP contribution in [0.2, 0.25) is 0 Å². The molecule has 1 amide bonds. The Morgan fingerprint density at radius 3 is 2.53 bits per heavy atom. The largest absolute Gasteiger partial charge is 0.382 e. The van der Waals surface area contributed by atoms with E-state index in [1.165, 1.54) is 0 Å². The number of carbonyl (C=O) groups excluding carboxylic acids is 1. The summed E-state index contributed by atoms with van der Waals surface area (Å²) in [5, 5.41) is 3.18. The lowest BCUT2D eigenvalue weighted by Crippen LogP contribution is -2.18. The number of ether oxygens (including phenoxy) is 1. The molecule has 1 aromatic carbocycles. The van der Waals surface area contributed by atoms with Gasteiger partial charge in [0.1, 0.15) is 0 Å². The smallest absolute Gasteiger partial charge is 0.248 e. The van der Waals surface area contributed by atoms with Gasteiger partial charge in [-0.2, -0.15) is 0 Å². The first kappa shape index (κ1) is 11.5. The van der Waals surface area contributed by atoms with Crippen molar-refractivity contribution < 1.29 is 9.53 Å². The Labute approximate surface area is 89.4 Å². The van der Waals surface area contributed by atoms with E-state index in [1.807, 2.05) is 19.1 Å². The van der Waals surface area contributed by atoms with Crippen molar-refractivity contribution in [3.05, 3.63) is 29.8 Å². The molecule has 1 aromatic rings. The van der Waals surface area contributed by atoms with Crippen molar-refractivity contribution >= 4 is 11.6 Å². The molecule has 82 valence electrons. The molecule has 0 aromatic heterocycles. The zero-order valence-electron chi connectivity index (χ0n) is 8.99. The molecule has 1 atom stereocenters. The molecule has 0 aliphatic carbocycles. The molecule has 4 nitrogen and oxygen atoms in total. The Morgan fingerprint density at radius 2 is 2.07 bits per heavy atom. The maximum absolute atomic E-state index is 10.8. The summed E-state index contributed by atoms with van der Waals surface area (Å²) in [7, 11) is 1.67. The van der Waals surface area contributed by atoms with E-state index in [0.717, 1.165) is 12.2 Å². The van der Waals surface area contributed by atoms with Crippen LogP contribution in [0.3, 0.4) is 0 Å². The van der Waals surface area contributed by atoms with Gasteiger partial charge in [0, 0.05) is 24.9 Å². The van der Waals surface area contributed by atoms with Gasteiger partial charge in [0.25, 0.3) is 0 Å². The second kappa shape index (κ2) is 5.36. The van der Waals surface area contributed by atoms with Crippen LogP contribution >= 0.6 is 0 Å². The molecule has 1 rings (SSSR count). The molecule has 4 heteroatoms. The van der Waals surface area contributed by atoms with Gasteiger partial charge >= 0.3 is 0 Å². The summed E-state index contributed by atoms with van der Waals surface area (Å²) in [4.78, 5) is 10.8. The summed E-state index contributed by atoms with van der Waals surface area (Å²) >= 11 is 0. The fraction of sp³-hybridized carbons (Fsp3) is 0.364. The number of carbonyl (C=O) groups is 1. The van der Waals surface area contributed by atoms with E-state index < -0.39 is 5.91 Å². The van der Waals surface area contributed by atoms with Crippen LogP contribution in [-0.2, 0) is 4.74 Å². The number of hydrogen-bond acceptors (Lipinski definition) is 3. The molecule has 0 heterocycles. The van der Waals surface area contributed by atoms with Gasteiger partial charge in [-0.3, -0.25) is 4.79 Å². The van der Waals surface area contributed by atoms with E-state index in [-0.39, 0.29) is 6.10 Å². The van der Waals surface area contributed by atoms with Crippen LogP contribution in [0.4, 0.5) is 5.69 Å². The molecule has 0 saturated heterocycles. The van der Waals surface area contributed by atoms with Gasteiger partial charge < -0.3 is 15.8 Å². The Kier molecular flexibility index (Phi) is 4.12. The van der Waals surface area contributed by atoms with Crippen LogP contribution in [0.1, 0.15) is 17.3 Å². The lowest BCUT2D eigenvalue weighted by Gasteiger charge is -2.11. The third-order valence-corrected chi connectivity index (χ3v) is 2.17. The normalized spacial score (nSPS) is 12.1. The van der Waals surface area contributed by atoms with Gasteiger partial charge in [-0.15, -0.1) is 0 Å². The Hall–Kier alpha value is -1.55. The van der Waals surface area contributed by atoms with Crippen molar-refractivity contribution in [1.29, 1.82) is 0 Å². The van der Waals surface area contributed by atoms with Gasteiger partial charge in [0.05, 0.1) is 6.10 Å². The van der Waals surface area contributed by atoms with Crippen LogP contribution in [0.15, 0.2) is 24.3 Å². The first-order valence-electron chi connectivity index (χ1n) is 4.80. The predicted molar refractivity (Wildman–Crippen MR) is 59.9 cm³/mol. The summed E-state index contributed by atoms with van der Waals surface area (Å²) in [5.74, 6) is -0.410. The summed E-state index contributed by atoms with van der Waals surface area (Å²) < 4.78 is 5.10. The minimum absolute atomic E-state index is 0.154. The van der Waals surface area contributed by atoms with Crippen LogP contribution < -0.4 is 11.1 Å². The van der Waals surface area contributed by atoms with Crippen molar-refractivity contribution in [2.24, 2.45) is 5.73 Å². The van der Waals surface area contributed by atoms with Crippen molar-refractivity contribution in [2.45, 2.75) is 13.0 Å². The number of anilines is 1. The maximum Gasteiger partial charge on any atom is 0.248 e. The lowest BCUT2D eigenvalue weighted by molar-refractivity contribution is 0.100. The molecule has 3 N–H and O–H groups in total. The highest BCUT2D eigenvalue weighted by atomic mass is 16.5. The highest BCUT2D eigenvalue weighted by molar-refractivity contribution is 5.93. The van der Waals surface area contributed by atoms with Gasteiger partial charge in [0.2, 0.25) is 5.91 Å². The fourth-order valence-corrected chi connectivity index (χ4v) is 1.10. The van der Waals surface area contributed by atoms with Gasteiger partial charge in [-0.05, 0) is 31.2 Å². The predicted octanol–water partition coefficient (Wildman–Crippen LogP) is 1.23. The third kappa shape index (κ3) is 3.59. The van der Waals surface area contributed by atoms with E-state index in [2.05, 4.69) is 5.32 Å². The lowest BCUT2D eigenvalue weighted by atomic mass is 10.2. The first-order chi connectivity index (χ1) is 7.13. The molecule has 0 spiro atoms. The molecule has 0 radical (unpaired) electrons. The topological polar surface area (TPSA) is 64.3 Å². The van der Waals surface area contributed by atoms with Gasteiger partial charge in [0.15, 0.2) is 0 Å². The molecule has 1 unspecified atom stereocenters. The van der Waals surface area contributed by atoms with Crippen molar-refractivity contribution in [3.8, 4) is 0 Å². The minimum atomic E-state index is -0.410. The van der Waals surface area contributed by atoms with Gasteiger partial charge in [-0.1, -0.05) is 0 Å². The van der Waals surface area contributed by atoms with Crippen LogP contribution in [0, 0.1) is 0 Å². The quantitative estimate of drug-likeness (QED) is 0.765. The Balaban J connectivity index is 2.53. The van der Waals surface area contributed by atoms with Crippen LogP contribution in [0.25, 0.3) is 0 Å². The number of primary amides is 1. The average Bonchev–Trinajstić information content (AvgIpc) is 2.26. The molecule has 0 saturated carbocycles. The van der Waals surface area contributed by atoms with E-state index >= 15 is 0 Å². The average molecular weight is 208 g/mol. The second-order valence-electron chi connectivity index (χ2n) is 3.37. The summed E-state index contributed by atoms with van der Waals surface area (Å²) in [5.41, 5.74) is 6.59. The SMILES string of the molecule is COC(C)CNc1ccc(C(N)=O)cc1. The third-order valence-electron chi connectivity index (χ3n) is 2.17. The molecular weight excluding hydrogens is 192 g/mol. The Morgan fingerprint density at radius 1 is 1.47 bits per heavy atom. The van der Waals surface area contributed by atoms with Crippen molar-refractivity contribution in [2.75, 3.05) is 19.0 Å². The highest BCUT2D eigenvalue weighted by Gasteiger charge is 2.01. The highest BCUT2D eigenvalue weighted by Crippen LogP contribution is 2.09. The first-order valence-corrected chi connectivity index (χ1v) is 4.80. The standard InChI is InChI=1S/C11H16N2O2/c1-8(15-2)7-13-10-5-3-9(4-6-10)11(12)14/h3-6,8,13H,7H2,1-2H3,(H2,12,14). The van der Waals surface area contributed by atoms with E-state index in [9.17, 15) is 4.79 Å². The molecule has 15 heavy (non-hydrogen) atoms. The number of hydrogen-bond donors (Lipinski definition) is 2. The van der Waals surface area contributed by atoms with Gasteiger partial charge in [-0.25, -0.2) is 0 Å². The molecule has 0 fully saturated rings.